The summed E-state index contributed by atoms with van der Waals surface area (Å²) in [5, 5.41) is 14.0. The quantitative estimate of drug-likeness (QED) is 0.684. The molecule has 3 rings (SSSR count). The molecule has 0 aliphatic carbocycles. The third kappa shape index (κ3) is 2.79. The predicted octanol–water partition coefficient (Wildman–Crippen LogP) is 4.71. The topological polar surface area (TPSA) is 63.3 Å². The smallest absolute Gasteiger partial charge is 0.194 e. The van der Waals surface area contributed by atoms with Crippen LogP contribution >= 0.6 is 22.9 Å². The molecule has 0 fully saturated rings. The van der Waals surface area contributed by atoms with Crippen LogP contribution in [0, 0.1) is 20.8 Å². The fourth-order valence-electron chi connectivity index (χ4n) is 2.64. The lowest BCUT2D eigenvalue weighted by atomic mass is 9.96. The van der Waals surface area contributed by atoms with E-state index in [1.54, 1.807) is 31.2 Å². The largest absolute Gasteiger partial charge is 0.388 e. The van der Waals surface area contributed by atoms with Crippen LogP contribution in [-0.4, -0.2) is 16.0 Å². The van der Waals surface area contributed by atoms with E-state index < -0.39 is 0 Å². The molecule has 0 unspecified atom stereocenters. The van der Waals surface area contributed by atoms with Gasteiger partial charge in [-0.2, -0.15) is 0 Å². The summed E-state index contributed by atoms with van der Waals surface area (Å²) < 4.78 is 5.18. The molecule has 0 aliphatic heterocycles. The van der Waals surface area contributed by atoms with Crippen LogP contribution in [0.1, 0.15) is 37.8 Å². The van der Waals surface area contributed by atoms with Crippen LogP contribution in [0.5, 0.6) is 0 Å². The van der Waals surface area contributed by atoms with Crippen molar-refractivity contribution in [2.75, 3.05) is 0 Å². The molecule has 0 amide bonds. The molecule has 0 bridgehead atoms. The van der Waals surface area contributed by atoms with Crippen LogP contribution < -0.4 is 0 Å². The lowest BCUT2D eigenvalue weighted by Crippen LogP contribution is -2.04. The van der Waals surface area contributed by atoms with Gasteiger partial charge in [-0.15, -0.1) is 11.3 Å². The number of aromatic nitrogens is 1. The first-order valence-corrected chi connectivity index (χ1v) is 8.60. The highest BCUT2D eigenvalue weighted by atomic mass is 35.5. The van der Waals surface area contributed by atoms with Crippen LogP contribution in [0.3, 0.4) is 0 Å². The van der Waals surface area contributed by atoms with Gasteiger partial charge in [0.15, 0.2) is 11.5 Å². The number of halogens is 1. The summed E-state index contributed by atoms with van der Waals surface area (Å²) in [7, 11) is 0. The first-order chi connectivity index (χ1) is 11.4. The Bertz CT molecular complexity index is 909. The number of thiophene rings is 1. The minimum absolute atomic E-state index is 0.0759. The van der Waals surface area contributed by atoms with Crippen molar-refractivity contribution in [2.45, 2.75) is 27.4 Å². The molecule has 0 atom stereocenters. The minimum atomic E-state index is -0.263. The van der Waals surface area contributed by atoms with Crippen LogP contribution in [0.15, 0.2) is 28.8 Å². The molecule has 0 radical (unpaired) electrons. The SMILES string of the molecule is Cc1noc(CO)c1-c1sc(C)c(C)c1C(=O)c1ccc(Cl)cc1. The van der Waals surface area contributed by atoms with Crippen molar-refractivity contribution in [3.05, 3.63) is 62.3 Å². The third-order valence-electron chi connectivity index (χ3n) is 4.02. The zero-order valence-corrected chi connectivity index (χ0v) is 15.1. The van der Waals surface area contributed by atoms with Crippen molar-refractivity contribution in [2.24, 2.45) is 0 Å². The number of benzene rings is 1. The molecule has 24 heavy (non-hydrogen) atoms. The van der Waals surface area contributed by atoms with E-state index in [-0.39, 0.29) is 12.4 Å². The first-order valence-electron chi connectivity index (χ1n) is 7.40. The number of ketones is 1. The van der Waals surface area contributed by atoms with Crippen molar-refractivity contribution in [1.29, 1.82) is 0 Å². The highest BCUT2D eigenvalue weighted by Gasteiger charge is 2.26. The summed E-state index contributed by atoms with van der Waals surface area (Å²) >= 11 is 7.42. The Kier molecular flexibility index (Phi) is 4.58. The Labute approximate surface area is 148 Å². The molecule has 1 N–H and O–H groups in total. The fourth-order valence-corrected chi connectivity index (χ4v) is 4.04. The van der Waals surface area contributed by atoms with E-state index in [0.717, 1.165) is 15.3 Å². The maximum atomic E-state index is 13.1. The lowest BCUT2D eigenvalue weighted by molar-refractivity contribution is 0.103. The molecule has 3 aromatic rings. The second kappa shape index (κ2) is 6.51. The molecular weight excluding hydrogens is 346 g/mol. The Morgan fingerprint density at radius 2 is 1.92 bits per heavy atom. The highest BCUT2D eigenvalue weighted by Crippen LogP contribution is 2.40. The number of nitrogens with zero attached hydrogens (tertiary/aromatic N) is 1. The zero-order valence-electron chi connectivity index (χ0n) is 13.5. The van der Waals surface area contributed by atoms with Gasteiger partial charge in [0.2, 0.25) is 0 Å². The number of rotatable bonds is 4. The normalized spacial score (nSPS) is 11.0. The van der Waals surface area contributed by atoms with Crippen LogP contribution in [0.4, 0.5) is 0 Å². The Morgan fingerprint density at radius 3 is 2.54 bits per heavy atom. The molecule has 6 heteroatoms. The number of aliphatic hydroxyl groups excluding tert-OH is 1. The lowest BCUT2D eigenvalue weighted by Gasteiger charge is -2.06. The van der Waals surface area contributed by atoms with Crippen molar-refractivity contribution in [3.8, 4) is 10.4 Å². The summed E-state index contributed by atoms with van der Waals surface area (Å²) in [6.07, 6.45) is 0. The first kappa shape index (κ1) is 16.9. The molecule has 2 heterocycles. The fraction of sp³-hybridized carbons (Fsp3) is 0.222. The van der Waals surface area contributed by atoms with Crippen LogP contribution in [0.25, 0.3) is 10.4 Å². The molecule has 124 valence electrons. The van der Waals surface area contributed by atoms with Gasteiger partial charge in [-0.1, -0.05) is 16.8 Å². The van der Waals surface area contributed by atoms with E-state index in [2.05, 4.69) is 5.16 Å². The van der Waals surface area contributed by atoms with Gasteiger partial charge < -0.3 is 9.63 Å². The highest BCUT2D eigenvalue weighted by molar-refractivity contribution is 7.16. The van der Waals surface area contributed by atoms with E-state index in [0.29, 0.717) is 33.2 Å². The average Bonchev–Trinajstić information content (AvgIpc) is 3.07. The zero-order chi connectivity index (χ0) is 17.4. The number of aliphatic hydroxyl groups is 1. The minimum Gasteiger partial charge on any atom is -0.388 e. The third-order valence-corrected chi connectivity index (χ3v) is 5.50. The number of carbonyl (C=O) groups is 1. The van der Waals surface area contributed by atoms with Gasteiger partial charge in [0, 0.05) is 21.0 Å². The van der Waals surface area contributed by atoms with Crippen LogP contribution in [-0.2, 0) is 6.61 Å². The molecule has 2 aromatic heterocycles. The molecular formula is C18H16ClNO3S. The van der Waals surface area contributed by atoms with E-state index in [9.17, 15) is 9.90 Å². The van der Waals surface area contributed by atoms with Gasteiger partial charge in [-0.25, -0.2) is 0 Å². The van der Waals surface area contributed by atoms with Crippen molar-refractivity contribution in [3.63, 3.8) is 0 Å². The second-order valence-electron chi connectivity index (χ2n) is 5.55. The Morgan fingerprint density at radius 1 is 1.25 bits per heavy atom. The standard InChI is InChI=1S/C18H16ClNO3S/c1-9-11(3)24-18(16-10(2)20-23-14(16)8-21)15(9)17(22)12-4-6-13(19)7-5-12/h4-7,21H,8H2,1-3H3. The molecule has 0 saturated carbocycles. The summed E-state index contributed by atoms with van der Waals surface area (Å²) in [6.45, 7) is 5.45. The number of aryl methyl sites for hydroxylation is 2. The van der Waals surface area contributed by atoms with Gasteiger partial charge in [0.25, 0.3) is 0 Å². The molecule has 4 nitrogen and oxygen atoms in total. The van der Waals surface area contributed by atoms with Crippen molar-refractivity contribution < 1.29 is 14.4 Å². The number of hydrogen-bond donors (Lipinski definition) is 1. The summed E-state index contributed by atoms with van der Waals surface area (Å²) in [6, 6.07) is 6.84. The Hall–Kier alpha value is -1.95. The monoisotopic (exact) mass is 361 g/mol. The predicted molar refractivity (Wildman–Crippen MR) is 94.8 cm³/mol. The molecule has 0 saturated heterocycles. The van der Waals surface area contributed by atoms with E-state index >= 15 is 0 Å². The van der Waals surface area contributed by atoms with Gasteiger partial charge in [0.05, 0.1) is 16.1 Å². The van der Waals surface area contributed by atoms with Gasteiger partial charge in [-0.3, -0.25) is 4.79 Å². The molecule has 0 aliphatic rings. The second-order valence-corrected chi connectivity index (χ2v) is 7.21. The number of hydrogen-bond acceptors (Lipinski definition) is 5. The number of carbonyl (C=O) groups excluding carboxylic acids is 1. The summed E-state index contributed by atoms with van der Waals surface area (Å²) in [4.78, 5) is 14.9. The maximum Gasteiger partial charge on any atom is 0.194 e. The molecule has 1 aromatic carbocycles. The van der Waals surface area contributed by atoms with Gasteiger partial charge in [-0.05, 0) is 50.6 Å². The van der Waals surface area contributed by atoms with E-state index in [4.69, 9.17) is 16.1 Å². The van der Waals surface area contributed by atoms with Crippen molar-refractivity contribution >= 4 is 28.7 Å². The average molecular weight is 362 g/mol. The van der Waals surface area contributed by atoms with Crippen LogP contribution in [0.2, 0.25) is 5.02 Å². The Balaban J connectivity index is 2.20. The van der Waals surface area contributed by atoms with Gasteiger partial charge in [0.1, 0.15) is 6.61 Å². The van der Waals surface area contributed by atoms with E-state index in [1.807, 2.05) is 13.8 Å². The van der Waals surface area contributed by atoms with E-state index in [1.165, 1.54) is 11.3 Å². The maximum absolute atomic E-state index is 13.1. The summed E-state index contributed by atoms with van der Waals surface area (Å²) in [5.41, 5.74) is 3.49. The van der Waals surface area contributed by atoms with Gasteiger partial charge >= 0.3 is 0 Å². The van der Waals surface area contributed by atoms with Crippen molar-refractivity contribution in [1.82, 2.24) is 5.16 Å². The summed E-state index contributed by atoms with van der Waals surface area (Å²) in [5.74, 6) is 0.298. The molecule has 0 spiro atoms.